The Balaban J connectivity index is 1.65. The van der Waals surface area contributed by atoms with Gasteiger partial charge in [-0.15, -0.1) is 0 Å². The molecule has 0 spiro atoms. The van der Waals surface area contributed by atoms with Crippen LogP contribution in [0.3, 0.4) is 0 Å². The van der Waals surface area contributed by atoms with Gasteiger partial charge in [-0.1, -0.05) is 174 Å². The second-order valence-electron chi connectivity index (χ2n) is 14.1. The van der Waals surface area contributed by atoms with Crippen molar-refractivity contribution in [3.8, 4) is 0 Å². The lowest BCUT2D eigenvalue weighted by molar-refractivity contribution is -0.355. The van der Waals surface area contributed by atoms with Gasteiger partial charge in [0.2, 0.25) is 0 Å². The fourth-order valence-corrected chi connectivity index (χ4v) is 16.5. The van der Waals surface area contributed by atoms with Gasteiger partial charge in [-0.05, 0) is 30.8 Å². The SMILES string of the molecule is CC(C)(C)[Si](OC[C@H]1OC(O)(O)[C@](F)(Cl)[C@@H]1O[Si](c1ccccc1)(c1ccccc1)C(C)(C)C)(c1ccccc1)c1ccccc1. The van der Waals surface area contributed by atoms with Crippen molar-refractivity contribution in [3.05, 3.63) is 121 Å². The van der Waals surface area contributed by atoms with Crippen molar-refractivity contribution in [2.45, 2.75) is 74.9 Å². The maximum Gasteiger partial charge on any atom is 0.332 e. The summed E-state index contributed by atoms with van der Waals surface area (Å²) < 4.78 is 36.6. The van der Waals surface area contributed by atoms with E-state index in [9.17, 15) is 10.2 Å². The molecule has 9 heteroatoms. The normalized spacial score (nSPS) is 22.1. The Hall–Kier alpha value is -2.67. The molecule has 46 heavy (non-hydrogen) atoms. The standard InChI is InChI=1S/C37H44ClFO5Si2/c1-34(2,3)45(28-19-11-7-12-20-28,29-21-13-8-14-22-29)42-27-32-33(36(38,39)37(40,41)43-32)44-46(35(4,5)6,30-23-15-9-16-24-30)31-25-17-10-18-26-31/h7-26,32-33,40-41H,27H2,1-6H3/t32-,33-,36+/m1/s1. The lowest BCUT2D eigenvalue weighted by Gasteiger charge is -2.46. The van der Waals surface area contributed by atoms with Crippen LogP contribution in [0.2, 0.25) is 10.1 Å². The van der Waals surface area contributed by atoms with Gasteiger partial charge >= 0.3 is 5.97 Å². The topological polar surface area (TPSA) is 68.2 Å². The fraction of sp³-hybridized carbons (Fsp3) is 0.351. The molecule has 244 valence electrons. The van der Waals surface area contributed by atoms with Gasteiger partial charge in [0.25, 0.3) is 21.8 Å². The van der Waals surface area contributed by atoms with Crippen LogP contribution in [0.15, 0.2) is 121 Å². The van der Waals surface area contributed by atoms with Crippen LogP contribution in [0.1, 0.15) is 41.5 Å². The van der Waals surface area contributed by atoms with Crippen LogP contribution in [-0.4, -0.2) is 56.8 Å². The Morgan fingerprint density at radius 3 is 1.30 bits per heavy atom. The third-order valence-corrected chi connectivity index (χ3v) is 19.5. The van der Waals surface area contributed by atoms with Gasteiger partial charge < -0.3 is 23.8 Å². The van der Waals surface area contributed by atoms with E-state index in [1.165, 1.54) is 0 Å². The molecular weight excluding hydrogens is 635 g/mol. The van der Waals surface area contributed by atoms with Gasteiger partial charge in [0.1, 0.15) is 12.2 Å². The molecule has 1 aliphatic heterocycles. The maximum absolute atomic E-state index is 16.7. The molecule has 1 fully saturated rings. The highest BCUT2D eigenvalue weighted by Gasteiger charge is 2.70. The number of ether oxygens (including phenoxy) is 1. The molecule has 5 nitrogen and oxygen atoms in total. The van der Waals surface area contributed by atoms with Gasteiger partial charge in [0, 0.05) is 0 Å². The summed E-state index contributed by atoms with van der Waals surface area (Å²) in [5, 5.41) is 21.6. The molecule has 4 aromatic carbocycles. The van der Waals surface area contributed by atoms with Crippen molar-refractivity contribution in [1.82, 2.24) is 0 Å². The van der Waals surface area contributed by atoms with E-state index in [4.69, 9.17) is 25.2 Å². The minimum absolute atomic E-state index is 0.197. The highest BCUT2D eigenvalue weighted by molar-refractivity contribution is 7.00. The highest BCUT2D eigenvalue weighted by Crippen LogP contribution is 2.49. The van der Waals surface area contributed by atoms with E-state index >= 15 is 4.39 Å². The van der Waals surface area contributed by atoms with E-state index in [2.05, 4.69) is 65.8 Å². The summed E-state index contributed by atoms with van der Waals surface area (Å²) in [6, 6.07) is 39.5. The first kappa shape index (κ1) is 34.7. The Morgan fingerprint density at radius 2 is 0.978 bits per heavy atom. The summed E-state index contributed by atoms with van der Waals surface area (Å²) in [6.07, 6.45) is -2.87. The van der Waals surface area contributed by atoms with Gasteiger partial charge in [-0.25, -0.2) is 4.39 Å². The largest absolute Gasteiger partial charge is 0.405 e. The Bertz CT molecular complexity index is 1500. The van der Waals surface area contributed by atoms with Crippen molar-refractivity contribution >= 4 is 49.0 Å². The molecule has 3 atom stereocenters. The van der Waals surface area contributed by atoms with Gasteiger partial charge in [-0.3, -0.25) is 0 Å². The number of hydrogen-bond donors (Lipinski definition) is 2. The van der Waals surface area contributed by atoms with Crippen LogP contribution < -0.4 is 20.7 Å². The Labute approximate surface area is 279 Å². The predicted octanol–water partition coefficient (Wildman–Crippen LogP) is 5.45. The van der Waals surface area contributed by atoms with Crippen molar-refractivity contribution in [2.24, 2.45) is 0 Å². The lowest BCUT2D eigenvalue weighted by Crippen LogP contribution is -2.70. The maximum atomic E-state index is 16.7. The summed E-state index contributed by atoms with van der Waals surface area (Å²) in [5.41, 5.74) is 0. The minimum Gasteiger partial charge on any atom is -0.405 e. The number of halogens is 2. The fourth-order valence-electron chi connectivity index (χ4n) is 6.89. The zero-order chi connectivity index (χ0) is 33.4. The van der Waals surface area contributed by atoms with E-state index < -0.39 is 45.0 Å². The van der Waals surface area contributed by atoms with Crippen LogP contribution in [0.25, 0.3) is 0 Å². The summed E-state index contributed by atoms with van der Waals surface area (Å²) >= 11 is 6.49. The van der Waals surface area contributed by atoms with Crippen molar-refractivity contribution in [2.75, 3.05) is 6.61 Å². The number of benzene rings is 4. The van der Waals surface area contributed by atoms with Crippen molar-refractivity contribution in [1.29, 1.82) is 0 Å². The van der Waals surface area contributed by atoms with E-state index in [0.29, 0.717) is 0 Å². The Kier molecular flexibility index (Phi) is 9.60. The molecule has 0 aliphatic carbocycles. The summed E-state index contributed by atoms with van der Waals surface area (Å²) in [7, 11) is -6.53. The first-order chi connectivity index (χ1) is 21.6. The second-order valence-corrected chi connectivity index (χ2v) is 23.2. The zero-order valence-corrected chi connectivity index (χ0v) is 30.0. The molecule has 0 aromatic heterocycles. The van der Waals surface area contributed by atoms with Crippen molar-refractivity contribution in [3.63, 3.8) is 0 Å². The quantitative estimate of drug-likeness (QED) is 0.140. The molecule has 2 N–H and O–H groups in total. The molecule has 5 rings (SSSR count). The molecule has 0 amide bonds. The van der Waals surface area contributed by atoms with Gasteiger partial charge in [0.15, 0.2) is 0 Å². The summed E-state index contributed by atoms with van der Waals surface area (Å²) in [4.78, 5) is 0. The number of aliphatic hydroxyl groups is 2. The average molecular weight is 679 g/mol. The molecule has 0 saturated carbocycles. The zero-order valence-electron chi connectivity index (χ0n) is 27.3. The molecule has 1 saturated heterocycles. The number of rotatable bonds is 9. The predicted molar refractivity (Wildman–Crippen MR) is 188 cm³/mol. The third-order valence-electron chi connectivity index (χ3n) is 9.05. The molecule has 0 bridgehead atoms. The van der Waals surface area contributed by atoms with Crippen LogP contribution in [0.4, 0.5) is 4.39 Å². The second kappa shape index (κ2) is 12.7. The molecule has 4 aromatic rings. The monoisotopic (exact) mass is 678 g/mol. The lowest BCUT2D eigenvalue weighted by atomic mass is 10.1. The van der Waals surface area contributed by atoms with Crippen LogP contribution >= 0.6 is 11.6 Å². The highest BCUT2D eigenvalue weighted by atomic mass is 35.5. The van der Waals surface area contributed by atoms with Crippen LogP contribution in [-0.2, 0) is 13.6 Å². The summed E-state index contributed by atoms with van der Waals surface area (Å²) in [5.74, 6) is -3.33. The molecule has 1 heterocycles. The Morgan fingerprint density at radius 1 is 0.652 bits per heavy atom. The molecule has 0 radical (unpaired) electrons. The van der Waals surface area contributed by atoms with Crippen molar-refractivity contribution < 1.29 is 28.2 Å². The van der Waals surface area contributed by atoms with E-state index in [-0.39, 0.29) is 11.6 Å². The molecule has 0 unspecified atom stereocenters. The first-order valence-electron chi connectivity index (χ1n) is 15.6. The minimum atomic E-state index is -3.42. The van der Waals surface area contributed by atoms with Gasteiger partial charge in [0.05, 0.1) is 6.61 Å². The van der Waals surface area contributed by atoms with E-state index in [1.54, 1.807) is 0 Å². The number of alkyl halides is 2. The van der Waals surface area contributed by atoms with E-state index in [0.717, 1.165) is 20.7 Å². The van der Waals surface area contributed by atoms with Gasteiger partial charge in [-0.2, -0.15) is 0 Å². The van der Waals surface area contributed by atoms with Crippen LogP contribution in [0.5, 0.6) is 0 Å². The smallest absolute Gasteiger partial charge is 0.332 e. The third kappa shape index (κ3) is 5.95. The average Bonchev–Trinajstić information content (AvgIpc) is 3.19. The van der Waals surface area contributed by atoms with E-state index in [1.807, 2.05) is 97.1 Å². The molecule has 1 aliphatic rings. The first-order valence-corrected chi connectivity index (χ1v) is 19.8. The molecular formula is C37H44ClFO5Si2. The van der Waals surface area contributed by atoms with Crippen LogP contribution in [0, 0.1) is 0 Å². The summed E-state index contributed by atoms with van der Waals surface area (Å²) in [6.45, 7) is 12.4. The number of hydrogen-bond acceptors (Lipinski definition) is 5.